The molecule has 0 saturated carbocycles. The number of nitrogens with one attached hydrogen (secondary N) is 2. The second kappa shape index (κ2) is 5.69. The minimum atomic E-state index is -0.439. The molecule has 1 heterocycles. The Balaban J connectivity index is 2.17. The maximum absolute atomic E-state index is 12.0. The smallest absolute Gasteiger partial charge is 0.268 e. The van der Waals surface area contributed by atoms with E-state index in [1.807, 2.05) is 44.2 Å². The van der Waals surface area contributed by atoms with Crippen molar-refractivity contribution in [1.29, 1.82) is 0 Å². The first-order chi connectivity index (χ1) is 9.11. The van der Waals surface area contributed by atoms with E-state index in [1.165, 1.54) is 0 Å². The molecule has 1 aromatic carbocycles. The fraction of sp³-hybridized carbons (Fsp3) is 0.333. The second-order valence-corrected chi connectivity index (χ2v) is 4.79. The van der Waals surface area contributed by atoms with E-state index in [4.69, 9.17) is 0 Å². The van der Waals surface area contributed by atoms with Crippen LogP contribution in [0.3, 0.4) is 0 Å². The third-order valence-electron chi connectivity index (χ3n) is 3.40. The summed E-state index contributed by atoms with van der Waals surface area (Å²) < 4.78 is 0. The van der Waals surface area contributed by atoms with E-state index in [2.05, 4.69) is 10.6 Å². The summed E-state index contributed by atoms with van der Waals surface area (Å²) in [6, 6.07) is 9.00. The molecular formula is C15H18N2O2. The zero-order chi connectivity index (χ0) is 13.8. The van der Waals surface area contributed by atoms with Crippen molar-refractivity contribution < 1.29 is 9.59 Å². The molecule has 1 saturated heterocycles. The lowest BCUT2D eigenvalue weighted by Gasteiger charge is -2.28. The van der Waals surface area contributed by atoms with Crippen LogP contribution in [-0.4, -0.2) is 17.9 Å². The van der Waals surface area contributed by atoms with E-state index < -0.39 is 6.04 Å². The Morgan fingerprint density at radius 2 is 1.95 bits per heavy atom. The van der Waals surface area contributed by atoms with Gasteiger partial charge in [0.2, 0.25) is 5.91 Å². The first-order valence-electron chi connectivity index (χ1n) is 6.50. The van der Waals surface area contributed by atoms with Gasteiger partial charge in [-0.25, -0.2) is 0 Å². The SMILES string of the molecule is CC[C@H](C)[C@@H]1NC(=O)/C(=C\c2ccccc2)NC1=O. The molecule has 100 valence electrons. The van der Waals surface area contributed by atoms with E-state index in [-0.39, 0.29) is 17.7 Å². The van der Waals surface area contributed by atoms with Gasteiger partial charge < -0.3 is 10.6 Å². The number of benzene rings is 1. The monoisotopic (exact) mass is 258 g/mol. The van der Waals surface area contributed by atoms with Gasteiger partial charge in [-0.3, -0.25) is 9.59 Å². The first-order valence-corrected chi connectivity index (χ1v) is 6.50. The molecule has 4 nitrogen and oxygen atoms in total. The van der Waals surface area contributed by atoms with Gasteiger partial charge >= 0.3 is 0 Å². The lowest BCUT2D eigenvalue weighted by molar-refractivity contribution is -0.132. The van der Waals surface area contributed by atoms with Crippen molar-refractivity contribution in [2.75, 3.05) is 0 Å². The van der Waals surface area contributed by atoms with Crippen molar-refractivity contribution in [3.05, 3.63) is 41.6 Å². The van der Waals surface area contributed by atoms with Gasteiger partial charge in [0, 0.05) is 0 Å². The molecule has 0 aromatic heterocycles. The van der Waals surface area contributed by atoms with Crippen LogP contribution in [0.15, 0.2) is 36.0 Å². The lowest BCUT2D eigenvalue weighted by atomic mass is 9.96. The first kappa shape index (κ1) is 13.3. The highest BCUT2D eigenvalue weighted by atomic mass is 16.2. The molecule has 1 fully saturated rings. The van der Waals surface area contributed by atoms with Crippen LogP contribution in [0.2, 0.25) is 0 Å². The molecule has 0 bridgehead atoms. The molecule has 1 aliphatic heterocycles. The van der Waals surface area contributed by atoms with E-state index in [1.54, 1.807) is 6.08 Å². The number of hydrogen-bond donors (Lipinski definition) is 2. The van der Waals surface area contributed by atoms with Crippen LogP contribution < -0.4 is 10.6 Å². The maximum atomic E-state index is 12.0. The summed E-state index contributed by atoms with van der Waals surface area (Å²) in [5.74, 6) is -0.243. The van der Waals surface area contributed by atoms with Crippen molar-refractivity contribution in [2.24, 2.45) is 5.92 Å². The van der Waals surface area contributed by atoms with Crippen molar-refractivity contribution in [3.8, 4) is 0 Å². The van der Waals surface area contributed by atoms with Crippen LogP contribution in [0.5, 0.6) is 0 Å². The normalized spacial score (nSPS) is 22.8. The average Bonchev–Trinajstić information content (AvgIpc) is 2.43. The number of rotatable bonds is 3. The Labute approximate surface area is 112 Å². The summed E-state index contributed by atoms with van der Waals surface area (Å²) in [5.41, 5.74) is 1.19. The van der Waals surface area contributed by atoms with E-state index >= 15 is 0 Å². The second-order valence-electron chi connectivity index (χ2n) is 4.79. The Morgan fingerprint density at radius 1 is 1.26 bits per heavy atom. The van der Waals surface area contributed by atoms with Gasteiger partial charge in [0.05, 0.1) is 0 Å². The van der Waals surface area contributed by atoms with Crippen LogP contribution in [0, 0.1) is 5.92 Å². The van der Waals surface area contributed by atoms with E-state index in [0.717, 1.165) is 12.0 Å². The molecule has 0 spiro atoms. The molecule has 2 amide bonds. The average molecular weight is 258 g/mol. The minimum absolute atomic E-state index is 0.127. The highest BCUT2D eigenvalue weighted by Gasteiger charge is 2.32. The molecule has 19 heavy (non-hydrogen) atoms. The number of hydrogen-bond acceptors (Lipinski definition) is 2. The predicted molar refractivity (Wildman–Crippen MR) is 73.9 cm³/mol. The fourth-order valence-electron chi connectivity index (χ4n) is 2.01. The molecular weight excluding hydrogens is 240 g/mol. The number of amides is 2. The zero-order valence-corrected chi connectivity index (χ0v) is 11.1. The Kier molecular flexibility index (Phi) is 4.00. The van der Waals surface area contributed by atoms with Crippen LogP contribution in [-0.2, 0) is 9.59 Å². The summed E-state index contributed by atoms with van der Waals surface area (Å²) >= 11 is 0. The molecule has 1 aliphatic rings. The number of piperazine rings is 1. The van der Waals surface area contributed by atoms with Crippen LogP contribution in [0.4, 0.5) is 0 Å². The number of carbonyl (C=O) groups excluding carboxylic acids is 2. The Bertz CT molecular complexity index is 508. The van der Waals surface area contributed by atoms with Gasteiger partial charge in [0.25, 0.3) is 5.91 Å². The predicted octanol–water partition coefficient (Wildman–Crippen LogP) is 1.69. The molecule has 2 rings (SSSR count). The molecule has 0 aliphatic carbocycles. The molecule has 0 radical (unpaired) electrons. The lowest BCUT2D eigenvalue weighted by Crippen LogP contribution is -2.57. The van der Waals surface area contributed by atoms with Crippen LogP contribution in [0.1, 0.15) is 25.8 Å². The zero-order valence-electron chi connectivity index (χ0n) is 11.1. The van der Waals surface area contributed by atoms with Gasteiger partial charge in [0.1, 0.15) is 11.7 Å². The van der Waals surface area contributed by atoms with Gasteiger partial charge in [0.15, 0.2) is 0 Å². The Morgan fingerprint density at radius 3 is 2.58 bits per heavy atom. The fourth-order valence-corrected chi connectivity index (χ4v) is 2.01. The summed E-state index contributed by atoms with van der Waals surface area (Å²) in [7, 11) is 0. The molecule has 1 aromatic rings. The van der Waals surface area contributed by atoms with Crippen molar-refractivity contribution in [3.63, 3.8) is 0 Å². The van der Waals surface area contributed by atoms with Crippen molar-refractivity contribution in [2.45, 2.75) is 26.3 Å². The third kappa shape index (κ3) is 3.02. The molecule has 2 N–H and O–H groups in total. The largest absolute Gasteiger partial charge is 0.339 e. The van der Waals surface area contributed by atoms with Gasteiger partial charge in [-0.1, -0.05) is 50.6 Å². The quantitative estimate of drug-likeness (QED) is 0.811. The summed E-state index contributed by atoms with van der Waals surface area (Å²) in [6.07, 6.45) is 2.52. The van der Waals surface area contributed by atoms with Gasteiger partial charge in [-0.15, -0.1) is 0 Å². The van der Waals surface area contributed by atoms with Crippen molar-refractivity contribution >= 4 is 17.9 Å². The maximum Gasteiger partial charge on any atom is 0.268 e. The summed E-state index contributed by atoms with van der Waals surface area (Å²) in [4.78, 5) is 24.0. The van der Waals surface area contributed by atoms with Crippen LogP contribution in [0.25, 0.3) is 6.08 Å². The van der Waals surface area contributed by atoms with Crippen LogP contribution >= 0.6 is 0 Å². The van der Waals surface area contributed by atoms with E-state index in [0.29, 0.717) is 5.70 Å². The number of carbonyl (C=O) groups is 2. The highest BCUT2D eigenvalue weighted by molar-refractivity contribution is 6.07. The molecule has 2 atom stereocenters. The third-order valence-corrected chi connectivity index (χ3v) is 3.40. The molecule has 0 unspecified atom stereocenters. The van der Waals surface area contributed by atoms with Crippen molar-refractivity contribution in [1.82, 2.24) is 10.6 Å². The topological polar surface area (TPSA) is 58.2 Å². The van der Waals surface area contributed by atoms with Gasteiger partial charge in [-0.05, 0) is 17.6 Å². The standard InChI is InChI=1S/C15H18N2O2/c1-3-10(2)13-15(19)16-12(14(18)17-13)9-11-7-5-4-6-8-11/h4-10,13H,3H2,1-2H3,(H,16,19)(H,17,18)/b12-9+/t10-,13-/m0/s1. The Hall–Kier alpha value is -2.10. The summed E-state index contributed by atoms with van der Waals surface area (Å²) in [6.45, 7) is 3.95. The van der Waals surface area contributed by atoms with E-state index in [9.17, 15) is 9.59 Å². The summed E-state index contributed by atoms with van der Waals surface area (Å²) in [5, 5.41) is 5.46. The van der Waals surface area contributed by atoms with Gasteiger partial charge in [-0.2, -0.15) is 0 Å². The highest BCUT2D eigenvalue weighted by Crippen LogP contribution is 2.14. The molecule has 4 heteroatoms. The minimum Gasteiger partial charge on any atom is -0.339 e.